The number of piperidine rings is 1. The minimum atomic E-state index is -4.86. The topological polar surface area (TPSA) is 3.24 Å². The van der Waals surface area contributed by atoms with E-state index in [4.69, 9.17) is 0 Å². The van der Waals surface area contributed by atoms with E-state index in [2.05, 4.69) is 6.58 Å². The molecule has 1 aliphatic carbocycles. The smallest absolute Gasteiger partial charge is 0.445 e. The third kappa shape index (κ3) is 5.15. The van der Waals surface area contributed by atoms with Gasteiger partial charge in [0.1, 0.15) is 0 Å². The van der Waals surface area contributed by atoms with Crippen LogP contribution in [0.3, 0.4) is 0 Å². The molecule has 19 heavy (non-hydrogen) atoms. The van der Waals surface area contributed by atoms with Crippen molar-refractivity contribution in [2.45, 2.75) is 44.9 Å². The van der Waals surface area contributed by atoms with Crippen molar-refractivity contribution in [3.8, 4) is 0 Å². The SMILES string of the molecule is C=C(CN1CCC2(CCCCC2)CC1)[B-](F)(F)F.[K+]. The van der Waals surface area contributed by atoms with Crippen LogP contribution in [0.25, 0.3) is 0 Å². The molecule has 1 saturated carbocycles. The number of rotatable bonds is 3. The molecule has 1 spiro atoms. The summed E-state index contributed by atoms with van der Waals surface area (Å²) in [4.78, 5) is 1.93. The molecule has 2 fully saturated rings. The average Bonchev–Trinajstić information content (AvgIpc) is 2.32. The molecule has 0 aromatic heterocycles. The molecule has 0 N–H and O–H groups in total. The third-order valence-corrected chi connectivity index (χ3v) is 4.72. The number of hydrogen-bond donors (Lipinski definition) is 0. The quantitative estimate of drug-likeness (QED) is 0.702. The molecular formula is C13H22BF3KN. The summed E-state index contributed by atoms with van der Waals surface area (Å²) >= 11 is 0. The van der Waals surface area contributed by atoms with Crippen molar-refractivity contribution in [1.82, 2.24) is 4.90 Å². The molecule has 1 saturated heterocycles. The van der Waals surface area contributed by atoms with Gasteiger partial charge in [0.25, 0.3) is 0 Å². The maximum absolute atomic E-state index is 12.5. The van der Waals surface area contributed by atoms with Crippen LogP contribution in [0.15, 0.2) is 12.1 Å². The van der Waals surface area contributed by atoms with Crippen molar-refractivity contribution in [1.29, 1.82) is 0 Å². The van der Waals surface area contributed by atoms with Crippen LogP contribution in [-0.4, -0.2) is 31.5 Å². The van der Waals surface area contributed by atoms with Gasteiger partial charge in [-0.2, -0.15) is 0 Å². The van der Waals surface area contributed by atoms with Crippen molar-refractivity contribution in [2.75, 3.05) is 19.6 Å². The Bertz CT molecular complexity index is 304. The Balaban J connectivity index is 0.00000180. The average molecular weight is 299 g/mol. The van der Waals surface area contributed by atoms with E-state index in [9.17, 15) is 12.9 Å². The van der Waals surface area contributed by atoms with E-state index in [1.54, 1.807) is 0 Å². The van der Waals surface area contributed by atoms with Crippen LogP contribution in [-0.2, 0) is 0 Å². The molecule has 0 aromatic rings. The van der Waals surface area contributed by atoms with Crippen molar-refractivity contribution >= 4 is 6.98 Å². The molecule has 0 amide bonds. The molecule has 2 rings (SSSR count). The third-order valence-electron chi connectivity index (χ3n) is 4.72. The van der Waals surface area contributed by atoms with Crippen LogP contribution >= 0.6 is 0 Å². The van der Waals surface area contributed by atoms with E-state index >= 15 is 0 Å². The summed E-state index contributed by atoms with van der Waals surface area (Å²) in [6, 6.07) is 0. The first kappa shape index (κ1) is 18.2. The van der Waals surface area contributed by atoms with Crippen LogP contribution in [0, 0.1) is 5.41 Å². The molecule has 1 aliphatic heterocycles. The predicted octanol–water partition coefficient (Wildman–Crippen LogP) is 0.980. The second-order valence-electron chi connectivity index (χ2n) is 6.07. The van der Waals surface area contributed by atoms with Crippen LogP contribution in [0.1, 0.15) is 44.9 Å². The van der Waals surface area contributed by atoms with Crippen LogP contribution < -0.4 is 51.4 Å². The minimum Gasteiger partial charge on any atom is -0.445 e. The van der Waals surface area contributed by atoms with Gasteiger partial charge in [-0.15, -0.1) is 12.1 Å². The largest absolute Gasteiger partial charge is 1.00 e. The zero-order valence-corrected chi connectivity index (χ0v) is 15.1. The van der Waals surface area contributed by atoms with Gasteiger partial charge in [0.2, 0.25) is 0 Å². The standard InChI is InChI=1S/C13H22BF3N.K/c1-12(14(15,16)17)11-18-9-7-13(8-10-18)5-3-2-4-6-13;/h1-11H2;/q-1;+1. The van der Waals surface area contributed by atoms with E-state index in [0.717, 1.165) is 25.9 Å². The van der Waals surface area contributed by atoms with Gasteiger partial charge in [0.05, 0.1) is 0 Å². The van der Waals surface area contributed by atoms with Gasteiger partial charge < -0.3 is 17.8 Å². The number of hydrogen-bond acceptors (Lipinski definition) is 1. The van der Waals surface area contributed by atoms with Crippen molar-refractivity contribution < 1.29 is 64.3 Å². The number of halogens is 3. The normalized spacial score (nSPS) is 23.9. The summed E-state index contributed by atoms with van der Waals surface area (Å²) in [5.41, 5.74) is -0.0889. The number of likely N-dealkylation sites (tertiary alicyclic amines) is 1. The zero-order chi connectivity index (χ0) is 13.2. The Morgan fingerprint density at radius 1 is 1.00 bits per heavy atom. The predicted molar refractivity (Wildman–Crippen MR) is 69.4 cm³/mol. The summed E-state index contributed by atoms with van der Waals surface area (Å²) in [5, 5.41) is 0. The van der Waals surface area contributed by atoms with Crippen molar-refractivity contribution in [2.24, 2.45) is 5.41 Å². The first-order valence-corrected chi connectivity index (χ1v) is 7.01. The van der Waals surface area contributed by atoms with Gasteiger partial charge in [-0.05, 0) is 50.7 Å². The van der Waals surface area contributed by atoms with Gasteiger partial charge in [-0.25, -0.2) is 0 Å². The fraction of sp³-hybridized carbons (Fsp3) is 0.846. The summed E-state index contributed by atoms with van der Waals surface area (Å²) in [6.07, 6.45) is 8.65. The first-order valence-electron chi connectivity index (χ1n) is 7.01. The maximum Gasteiger partial charge on any atom is 1.00 e. The molecule has 1 nitrogen and oxygen atoms in total. The molecule has 104 valence electrons. The minimum absolute atomic E-state index is 0. The first-order chi connectivity index (χ1) is 8.41. The summed E-state index contributed by atoms with van der Waals surface area (Å²) in [6.45, 7) is -0.0428. The van der Waals surface area contributed by atoms with Crippen molar-refractivity contribution in [3.63, 3.8) is 0 Å². The molecular weight excluding hydrogens is 277 g/mol. The van der Waals surface area contributed by atoms with E-state index < -0.39 is 12.4 Å². The summed E-state index contributed by atoms with van der Waals surface area (Å²) < 4.78 is 37.5. The summed E-state index contributed by atoms with van der Waals surface area (Å²) in [5.74, 6) is 0. The van der Waals surface area contributed by atoms with Crippen LogP contribution in [0.4, 0.5) is 12.9 Å². The Morgan fingerprint density at radius 3 is 2.00 bits per heavy atom. The second-order valence-corrected chi connectivity index (χ2v) is 6.07. The molecule has 2 aliphatic rings. The Kier molecular flexibility index (Phi) is 7.16. The molecule has 0 bridgehead atoms. The molecule has 6 heteroatoms. The van der Waals surface area contributed by atoms with E-state index in [1.807, 2.05) is 4.90 Å². The monoisotopic (exact) mass is 299 g/mol. The Morgan fingerprint density at radius 2 is 1.53 bits per heavy atom. The Labute approximate surface area is 156 Å². The molecule has 0 atom stereocenters. The van der Waals surface area contributed by atoms with Gasteiger partial charge in [-0.3, -0.25) is 0 Å². The van der Waals surface area contributed by atoms with Gasteiger partial charge in [0.15, 0.2) is 0 Å². The van der Waals surface area contributed by atoms with Crippen LogP contribution in [0.5, 0.6) is 0 Å². The van der Waals surface area contributed by atoms with E-state index in [0.29, 0.717) is 5.41 Å². The van der Waals surface area contributed by atoms with Gasteiger partial charge in [-0.1, -0.05) is 19.3 Å². The van der Waals surface area contributed by atoms with Crippen LogP contribution in [0.2, 0.25) is 0 Å². The maximum atomic E-state index is 12.5. The molecule has 0 unspecified atom stereocenters. The van der Waals surface area contributed by atoms with Gasteiger partial charge >= 0.3 is 58.4 Å². The fourth-order valence-electron chi connectivity index (χ4n) is 3.38. The molecule has 0 aromatic carbocycles. The summed E-state index contributed by atoms with van der Waals surface area (Å²) in [7, 11) is 0. The number of nitrogens with zero attached hydrogens (tertiary/aromatic N) is 1. The fourth-order valence-corrected chi connectivity index (χ4v) is 3.38. The molecule has 1 heterocycles. The second kappa shape index (κ2) is 7.45. The van der Waals surface area contributed by atoms with Crippen molar-refractivity contribution in [3.05, 3.63) is 12.1 Å². The van der Waals surface area contributed by atoms with E-state index in [1.165, 1.54) is 32.1 Å². The van der Waals surface area contributed by atoms with E-state index in [-0.39, 0.29) is 57.9 Å². The molecule has 0 radical (unpaired) electrons. The Hall–Kier alpha value is 1.19. The zero-order valence-electron chi connectivity index (χ0n) is 11.9. The van der Waals surface area contributed by atoms with Gasteiger partial charge in [0, 0.05) is 0 Å².